The van der Waals surface area contributed by atoms with Crippen molar-refractivity contribution in [2.24, 2.45) is 34.0 Å². The monoisotopic (exact) mass is 334 g/mol. The summed E-state index contributed by atoms with van der Waals surface area (Å²) in [5, 5.41) is 21.6. The Morgan fingerprint density at radius 1 is 0.875 bits per heavy atom. The van der Waals surface area contributed by atoms with Crippen LogP contribution in [0.5, 0.6) is 0 Å². The average molecular weight is 335 g/mol. The van der Waals surface area contributed by atoms with Crippen molar-refractivity contribution in [1.82, 2.24) is 0 Å². The van der Waals surface area contributed by atoms with Crippen LogP contribution in [0.25, 0.3) is 0 Å². The lowest BCUT2D eigenvalue weighted by Crippen LogP contribution is -2.60. The number of hydrogen-bond acceptors (Lipinski definition) is 2. The van der Waals surface area contributed by atoms with Crippen LogP contribution in [0.1, 0.15) is 91.9 Å². The lowest BCUT2D eigenvalue weighted by molar-refractivity contribution is -0.195. The Hall–Kier alpha value is -0.0800. The second kappa shape index (κ2) is 5.22. The Morgan fingerprint density at radius 3 is 2.33 bits per heavy atom. The van der Waals surface area contributed by atoms with E-state index < -0.39 is 5.60 Å². The molecule has 2 heteroatoms. The van der Waals surface area contributed by atoms with Crippen LogP contribution in [0.3, 0.4) is 0 Å². The van der Waals surface area contributed by atoms with Crippen molar-refractivity contribution in [2.75, 3.05) is 0 Å². The molecule has 4 aliphatic rings. The van der Waals surface area contributed by atoms with Gasteiger partial charge in [0.25, 0.3) is 0 Å². The predicted octanol–water partition coefficient (Wildman–Crippen LogP) is 4.92. The van der Waals surface area contributed by atoms with Gasteiger partial charge in [0.15, 0.2) is 0 Å². The van der Waals surface area contributed by atoms with E-state index in [1.807, 2.05) is 0 Å². The van der Waals surface area contributed by atoms with E-state index in [2.05, 4.69) is 27.7 Å². The number of aliphatic hydroxyl groups is 2. The van der Waals surface area contributed by atoms with E-state index in [0.29, 0.717) is 10.8 Å². The minimum Gasteiger partial charge on any atom is -0.393 e. The highest BCUT2D eigenvalue weighted by atomic mass is 16.3. The van der Waals surface area contributed by atoms with Crippen LogP contribution in [0.4, 0.5) is 0 Å². The van der Waals surface area contributed by atoms with Gasteiger partial charge in [-0.25, -0.2) is 0 Å². The van der Waals surface area contributed by atoms with Crippen molar-refractivity contribution in [3.63, 3.8) is 0 Å². The first-order chi connectivity index (χ1) is 11.2. The zero-order valence-corrected chi connectivity index (χ0v) is 16.3. The molecule has 0 aromatic heterocycles. The summed E-state index contributed by atoms with van der Waals surface area (Å²) in [7, 11) is 0. The van der Waals surface area contributed by atoms with Crippen LogP contribution < -0.4 is 0 Å². The van der Waals surface area contributed by atoms with E-state index >= 15 is 0 Å². The van der Waals surface area contributed by atoms with E-state index in [1.54, 1.807) is 0 Å². The van der Waals surface area contributed by atoms with E-state index in [1.165, 1.54) is 38.5 Å². The van der Waals surface area contributed by atoms with Gasteiger partial charge in [-0.1, -0.05) is 27.7 Å². The first-order valence-corrected chi connectivity index (χ1v) is 10.6. The molecular formula is C22H38O2. The lowest BCUT2D eigenvalue weighted by Gasteiger charge is -2.66. The Kier molecular flexibility index (Phi) is 3.77. The van der Waals surface area contributed by atoms with Gasteiger partial charge in [-0.2, -0.15) is 0 Å². The first-order valence-electron chi connectivity index (χ1n) is 10.6. The first kappa shape index (κ1) is 17.3. The lowest BCUT2D eigenvalue weighted by atomic mass is 9.39. The van der Waals surface area contributed by atoms with Crippen LogP contribution in [-0.2, 0) is 0 Å². The molecule has 4 aliphatic carbocycles. The highest BCUT2D eigenvalue weighted by Gasteiger charge is 2.64. The van der Waals surface area contributed by atoms with Crippen LogP contribution in [0.2, 0.25) is 0 Å². The van der Waals surface area contributed by atoms with Crippen molar-refractivity contribution < 1.29 is 10.2 Å². The van der Waals surface area contributed by atoms with Crippen molar-refractivity contribution in [2.45, 2.75) is 104 Å². The highest BCUT2D eigenvalue weighted by Crippen LogP contribution is 2.70. The van der Waals surface area contributed by atoms with Crippen LogP contribution >= 0.6 is 0 Å². The number of fused-ring (bicyclic) bond motifs is 5. The summed E-state index contributed by atoms with van der Waals surface area (Å²) >= 11 is 0. The van der Waals surface area contributed by atoms with Crippen molar-refractivity contribution in [3.05, 3.63) is 0 Å². The SMILES string of the molecule is CC[C@]1(O)CC[C@]2(C)[C@H]3CC[C@]4(C)[C@H](CC[C@@H]4O)[C@@H]3CC[C@@]2(C)C1. The molecule has 0 heterocycles. The smallest absolute Gasteiger partial charge is 0.0650 e. The molecule has 0 aliphatic heterocycles. The van der Waals surface area contributed by atoms with Crippen molar-refractivity contribution in [3.8, 4) is 0 Å². The zero-order valence-electron chi connectivity index (χ0n) is 16.3. The molecule has 0 aromatic rings. The largest absolute Gasteiger partial charge is 0.393 e. The van der Waals surface area contributed by atoms with E-state index in [-0.39, 0.29) is 11.5 Å². The summed E-state index contributed by atoms with van der Waals surface area (Å²) in [4.78, 5) is 0. The van der Waals surface area contributed by atoms with Gasteiger partial charge in [0, 0.05) is 0 Å². The summed E-state index contributed by atoms with van der Waals surface area (Å²) in [6.07, 6.45) is 11.4. The molecule has 8 atom stereocenters. The summed E-state index contributed by atoms with van der Waals surface area (Å²) in [6, 6.07) is 0. The summed E-state index contributed by atoms with van der Waals surface area (Å²) in [5.41, 5.74) is 0.437. The van der Waals surface area contributed by atoms with E-state index in [0.717, 1.165) is 43.4 Å². The maximum Gasteiger partial charge on any atom is 0.0650 e. The van der Waals surface area contributed by atoms with Gasteiger partial charge >= 0.3 is 0 Å². The fourth-order valence-corrected chi connectivity index (χ4v) is 8.06. The molecular weight excluding hydrogens is 296 g/mol. The fraction of sp³-hybridized carbons (Fsp3) is 1.00. The maximum absolute atomic E-state index is 11.0. The molecule has 4 fully saturated rings. The van der Waals surface area contributed by atoms with E-state index in [9.17, 15) is 10.2 Å². The molecule has 4 saturated carbocycles. The number of rotatable bonds is 1. The molecule has 0 bridgehead atoms. The van der Waals surface area contributed by atoms with Crippen LogP contribution in [0.15, 0.2) is 0 Å². The molecule has 0 unspecified atom stereocenters. The van der Waals surface area contributed by atoms with Gasteiger partial charge in [0.05, 0.1) is 11.7 Å². The van der Waals surface area contributed by atoms with Gasteiger partial charge < -0.3 is 10.2 Å². The Morgan fingerprint density at radius 2 is 1.62 bits per heavy atom. The summed E-state index contributed by atoms with van der Waals surface area (Å²) < 4.78 is 0. The fourth-order valence-electron chi connectivity index (χ4n) is 8.06. The third kappa shape index (κ3) is 2.08. The summed E-state index contributed by atoms with van der Waals surface area (Å²) in [5.74, 6) is 2.35. The van der Waals surface area contributed by atoms with Crippen molar-refractivity contribution >= 4 is 0 Å². The Labute approximate surface area is 148 Å². The van der Waals surface area contributed by atoms with E-state index in [4.69, 9.17) is 0 Å². The minimum absolute atomic E-state index is 0.0684. The quantitative estimate of drug-likeness (QED) is 0.714. The predicted molar refractivity (Wildman–Crippen MR) is 97.6 cm³/mol. The molecule has 0 saturated heterocycles. The van der Waals surface area contributed by atoms with Gasteiger partial charge in [0.1, 0.15) is 0 Å². The second-order valence-electron chi connectivity index (χ2n) is 10.8. The van der Waals surface area contributed by atoms with Gasteiger partial charge in [-0.3, -0.25) is 0 Å². The molecule has 24 heavy (non-hydrogen) atoms. The van der Waals surface area contributed by atoms with Gasteiger partial charge in [-0.05, 0) is 98.2 Å². The third-order valence-corrected chi connectivity index (χ3v) is 10.1. The third-order valence-electron chi connectivity index (χ3n) is 10.1. The zero-order chi connectivity index (χ0) is 17.4. The molecule has 2 N–H and O–H groups in total. The average Bonchev–Trinajstić information content (AvgIpc) is 2.84. The highest BCUT2D eigenvalue weighted by molar-refractivity contribution is 5.14. The van der Waals surface area contributed by atoms with Crippen LogP contribution in [0, 0.1) is 34.0 Å². The van der Waals surface area contributed by atoms with Crippen LogP contribution in [-0.4, -0.2) is 21.9 Å². The summed E-state index contributed by atoms with van der Waals surface area (Å²) in [6.45, 7) is 9.58. The molecule has 138 valence electrons. The standard InChI is InChI=1S/C22H38O2/c1-5-22(24)13-12-21(4)17-9-11-20(3)16(6-7-18(20)23)15(17)8-10-19(21,2)14-22/h15-18,23-24H,5-14H2,1-4H3/t15-,16+,17-,18-,19-,20+,21+,22-/m0/s1. The van der Waals surface area contributed by atoms with Gasteiger partial charge in [0.2, 0.25) is 0 Å². The minimum atomic E-state index is -0.423. The van der Waals surface area contributed by atoms with Crippen molar-refractivity contribution in [1.29, 1.82) is 0 Å². The number of hydrogen-bond donors (Lipinski definition) is 2. The number of aliphatic hydroxyl groups excluding tert-OH is 1. The molecule has 0 amide bonds. The Balaban J connectivity index is 1.65. The normalized spacial score (nSPS) is 60.2. The Bertz CT molecular complexity index is 518. The molecule has 2 nitrogen and oxygen atoms in total. The molecule has 4 rings (SSSR count). The van der Waals surface area contributed by atoms with Gasteiger partial charge in [-0.15, -0.1) is 0 Å². The maximum atomic E-state index is 11.0. The topological polar surface area (TPSA) is 40.5 Å². The molecule has 0 spiro atoms. The second-order valence-corrected chi connectivity index (χ2v) is 10.8. The molecule has 0 aromatic carbocycles. The molecule has 0 radical (unpaired) electrons.